The maximum atomic E-state index is 12.0. The van der Waals surface area contributed by atoms with Crippen molar-refractivity contribution in [1.29, 1.82) is 0 Å². The van der Waals surface area contributed by atoms with Gasteiger partial charge in [0.05, 0.1) is 5.03 Å². The highest BCUT2D eigenvalue weighted by Gasteiger charge is 2.14. The van der Waals surface area contributed by atoms with E-state index in [1.807, 2.05) is 23.1 Å². The minimum Gasteiger partial charge on any atom is -0.343 e. The van der Waals surface area contributed by atoms with Crippen molar-refractivity contribution in [2.75, 3.05) is 18.8 Å². The Morgan fingerprint density at radius 2 is 2.00 bits per heavy atom. The molecular weight excluding hydrogens is 244 g/mol. The van der Waals surface area contributed by atoms with E-state index in [-0.39, 0.29) is 0 Å². The molecule has 98 valence electrons. The second-order valence-electron chi connectivity index (χ2n) is 4.56. The van der Waals surface area contributed by atoms with E-state index in [9.17, 15) is 4.79 Å². The van der Waals surface area contributed by atoms with Crippen LogP contribution in [0.3, 0.4) is 0 Å². The number of aromatic nitrogens is 1. The molecule has 0 aliphatic carbocycles. The van der Waals surface area contributed by atoms with Gasteiger partial charge in [-0.15, -0.1) is 11.8 Å². The average molecular weight is 264 g/mol. The van der Waals surface area contributed by atoms with Crippen molar-refractivity contribution < 1.29 is 4.79 Å². The van der Waals surface area contributed by atoms with Gasteiger partial charge in [0.15, 0.2) is 0 Å². The monoisotopic (exact) mass is 264 g/mol. The molecule has 0 radical (unpaired) electrons. The van der Waals surface area contributed by atoms with Crippen LogP contribution in [-0.2, 0) is 4.79 Å². The number of likely N-dealkylation sites (tertiary alicyclic amines) is 1. The minimum atomic E-state index is 0.306. The summed E-state index contributed by atoms with van der Waals surface area (Å²) in [5, 5.41) is 1.00. The second-order valence-corrected chi connectivity index (χ2v) is 5.68. The molecule has 0 saturated carbocycles. The van der Waals surface area contributed by atoms with Crippen LogP contribution in [0.25, 0.3) is 0 Å². The number of amides is 1. The molecule has 2 rings (SSSR count). The molecule has 1 fully saturated rings. The van der Waals surface area contributed by atoms with E-state index in [2.05, 4.69) is 4.98 Å². The largest absolute Gasteiger partial charge is 0.343 e. The third-order valence-corrected chi connectivity index (χ3v) is 4.11. The van der Waals surface area contributed by atoms with Gasteiger partial charge < -0.3 is 4.90 Å². The number of carbonyl (C=O) groups is 1. The van der Waals surface area contributed by atoms with Crippen molar-refractivity contribution in [2.24, 2.45) is 0 Å². The summed E-state index contributed by atoms with van der Waals surface area (Å²) in [6.45, 7) is 1.90. The van der Waals surface area contributed by atoms with Gasteiger partial charge in [-0.1, -0.05) is 18.9 Å². The fraction of sp³-hybridized carbons (Fsp3) is 0.571. The van der Waals surface area contributed by atoms with Crippen LogP contribution in [0.4, 0.5) is 0 Å². The lowest BCUT2D eigenvalue weighted by Crippen LogP contribution is -2.31. The summed E-state index contributed by atoms with van der Waals surface area (Å²) in [4.78, 5) is 18.3. The predicted octanol–water partition coefficient (Wildman–Crippen LogP) is 2.97. The molecule has 1 aliphatic rings. The van der Waals surface area contributed by atoms with E-state index in [1.54, 1.807) is 18.0 Å². The zero-order valence-electron chi connectivity index (χ0n) is 10.7. The van der Waals surface area contributed by atoms with Gasteiger partial charge >= 0.3 is 0 Å². The van der Waals surface area contributed by atoms with Crippen LogP contribution >= 0.6 is 11.8 Å². The third kappa shape index (κ3) is 4.33. The van der Waals surface area contributed by atoms with E-state index in [1.165, 1.54) is 25.7 Å². The number of rotatable bonds is 4. The van der Waals surface area contributed by atoms with Gasteiger partial charge in [-0.3, -0.25) is 4.79 Å². The highest BCUT2D eigenvalue weighted by Crippen LogP contribution is 2.16. The number of pyridine rings is 1. The van der Waals surface area contributed by atoms with Crippen molar-refractivity contribution in [3.05, 3.63) is 24.4 Å². The molecule has 0 bridgehead atoms. The smallest absolute Gasteiger partial charge is 0.223 e. The number of thioether (sulfide) groups is 1. The summed E-state index contributed by atoms with van der Waals surface area (Å²) in [5.74, 6) is 1.13. The minimum absolute atomic E-state index is 0.306. The van der Waals surface area contributed by atoms with Gasteiger partial charge in [0.1, 0.15) is 0 Å². The normalized spacial score (nSPS) is 16.3. The summed E-state index contributed by atoms with van der Waals surface area (Å²) in [6, 6.07) is 5.87. The highest BCUT2D eigenvalue weighted by atomic mass is 32.2. The third-order valence-electron chi connectivity index (χ3n) is 3.16. The quantitative estimate of drug-likeness (QED) is 0.784. The number of hydrogen-bond acceptors (Lipinski definition) is 3. The lowest BCUT2D eigenvalue weighted by molar-refractivity contribution is -0.130. The van der Waals surface area contributed by atoms with E-state index in [0.29, 0.717) is 12.3 Å². The fourth-order valence-electron chi connectivity index (χ4n) is 2.15. The Labute approximate surface area is 113 Å². The molecule has 0 unspecified atom stereocenters. The first kappa shape index (κ1) is 13.4. The molecule has 2 heterocycles. The Kier molecular flexibility index (Phi) is 5.52. The number of hydrogen-bond donors (Lipinski definition) is 0. The first-order valence-corrected chi connectivity index (χ1v) is 7.66. The lowest BCUT2D eigenvalue weighted by atomic mass is 10.2. The molecule has 1 aromatic rings. The first-order chi connectivity index (χ1) is 8.86. The second kappa shape index (κ2) is 7.41. The van der Waals surface area contributed by atoms with Gasteiger partial charge in [0.25, 0.3) is 0 Å². The van der Waals surface area contributed by atoms with Gasteiger partial charge in [-0.2, -0.15) is 0 Å². The SMILES string of the molecule is O=C(CCSc1ccccn1)N1CCCCCC1. The predicted molar refractivity (Wildman–Crippen MR) is 74.6 cm³/mol. The van der Waals surface area contributed by atoms with Crippen LogP contribution in [0.5, 0.6) is 0 Å². The molecule has 1 aromatic heterocycles. The van der Waals surface area contributed by atoms with Gasteiger partial charge in [-0.05, 0) is 25.0 Å². The van der Waals surface area contributed by atoms with Gasteiger partial charge in [0, 0.05) is 31.5 Å². The molecule has 0 N–H and O–H groups in total. The zero-order valence-corrected chi connectivity index (χ0v) is 11.5. The molecule has 0 atom stereocenters. The van der Waals surface area contributed by atoms with Crippen molar-refractivity contribution >= 4 is 17.7 Å². The molecule has 0 spiro atoms. The fourth-order valence-corrected chi connectivity index (χ4v) is 2.95. The molecular formula is C14H20N2OS. The highest BCUT2D eigenvalue weighted by molar-refractivity contribution is 7.99. The van der Waals surface area contributed by atoms with Crippen LogP contribution in [0.15, 0.2) is 29.4 Å². The van der Waals surface area contributed by atoms with Crippen LogP contribution in [0.2, 0.25) is 0 Å². The van der Waals surface area contributed by atoms with Gasteiger partial charge in [0.2, 0.25) is 5.91 Å². The Morgan fingerprint density at radius 1 is 1.22 bits per heavy atom. The maximum absolute atomic E-state index is 12.0. The molecule has 1 saturated heterocycles. The Hall–Kier alpha value is -1.03. The molecule has 1 amide bonds. The summed E-state index contributed by atoms with van der Waals surface area (Å²) in [5.41, 5.74) is 0. The van der Waals surface area contributed by atoms with Crippen LogP contribution in [-0.4, -0.2) is 34.6 Å². The van der Waals surface area contributed by atoms with Crippen LogP contribution < -0.4 is 0 Å². The van der Waals surface area contributed by atoms with Crippen LogP contribution in [0.1, 0.15) is 32.1 Å². The average Bonchev–Trinajstić information content (AvgIpc) is 2.69. The molecule has 1 aliphatic heterocycles. The Morgan fingerprint density at radius 3 is 2.67 bits per heavy atom. The summed E-state index contributed by atoms with van der Waals surface area (Å²) in [7, 11) is 0. The van der Waals surface area contributed by atoms with Crippen molar-refractivity contribution in [3.8, 4) is 0 Å². The molecule has 4 heteroatoms. The summed E-state index contributed by atoms with van der Waals surface area (Å²) < 4.78 is 0. The van der Waals surface area contributed by atoms with E-state index >= 15 is 0 Å². The number of nitrogens with zero attached hydrogens (tertiary/aromatic N) is 2. The van der Waals surface area contributed by atoms with Crippen molar-refractivity contribution in [3.63, 3.8) is 0 Å². The summed E-state index contributed by atoms with van der Waals surface area (Å²) >= 11 is 1.66. The van der Waals surface area contributed by atoms with E-state index in [0.717, 1.165) is 23.9 Å². The topological polar surface area (TPSA) is 33.2 Å². The van der Waals surface area contributed by atoms with E-state index in [4.69, 9.17) is 0 Å². The van der Waals surface area contributed by atoms with E-state index < -0.39 is 0 Å². The number of carbonyl (C=O) groups excluding carboxylic acids is 1. The van der Waals surface area contributed by atoms with Crippen LogP contribution in [0, 0.1) is 0 Å². The van der Waals surface area contributed by atoms with Crippen molar-refractivity contribution in [2.45, 2.75) is 37.1 Å². The molecule has 18 heavy (non-hydrogen) atoms. The summed E-state index contributed by atoms with van der Waals surface area (Å²) in [6.07, 6.45) is 7.29. The lowest BCUT2D eigenvalue weighted by Gasteiger charge is -2.19. The zero-order chi connectivity index (χ0) is 12.6. The standard InChI is InChI=1S/C14H20N2OS/c17-14(16-10-5-1-2-6-11-16)8-12-18-13-7-3-4-9-15-13/h3-4,7,9H,1-2,5-6,8,10-12H2. The Balaban J connectivity index is 1.71. The molecule has 0 aromatic carbocycles. The Bertz CT molecular complexity index is 361. The van der Waals surface area contributed by atoms with Gasteiger partial charge in [-0.25, -0.2) is 4.98 Å². The first-order valence-electron chi connectivity index (χ1n) is 6.68. The van der Waals surface area contributed by atoms with Crippen molar-refractivity contribution in [1.82, 2.24) is 9.88 Å². The maximum Gasteiger partial charge on any atom is 0.223 e. The molecule has 3 nitrogen and oxygen atoms in total.